The quantitative estimate of drug-likeness (QED) is 0.0577. The Hall–Kier alpha value is -5.35. The summed E-state index contributed by atoms with van der Waals surface area (Å²) in [7, 11) is 0. The molecule has 210 valence electrons. The van der Waals surface area contributed by atoms with Gasteiger partial charge in [-0.2, -0.15) is 5.10 Å². The number of rotatable bonds is 8. The lowest BCUT2D eigenvalue weighted by Crippen LogP contribution is -2.33. The number of hydrogen-bond acceptors (Lipinski definition) is 6. The first-order valence-corrected chi connectivity index (χ1v) is 13.4. The maximum Gasteiger partial charge on any atom is 0.336 e. The van der Waals surface area contributed by atoms with Gasteiger partial charge in [-0.05, 0) is 61.0 Å². The molecular weight excluding hydrogens is 600 g/mol. The standard InChI is InChI=1S/C32H25BrN4O5/c1-21-11-15-25(16-12-21)35-30(39)26-9-5-6-10-27(26)36-31(40)32(41)37-34-20-23-19-24(33)14-17-28(23)42-29(38)18-13-22-7-3-2-4-8-22/h2-20H,1H3,(H,35,39)(H,36,40)(H,37,41)/b18-13+,34-20+. The van der Waals surface area contributed by atoms with Crippen LogP contribution < -0.4 is 20.8 Å². The minimum atomic E-state index is -1.07. The summed E-state index contributed by atoms with van der Waals surface area (Å²) in [4.78, 5) is 50.2. The molecular formula is C32H25BrN4O5. The summed E-state index contributed by atoms with van der Waals surface area (Å²) < 4.78 is 6.10. The second-order valence-electron chi connectivity index (χ2n) is 8.87. The van der Waals surface area contributed by atoms with Crippen molar-refractivity contribution in [3.8, 4) is 5.75 Å². The molecule has 4 aromatic rings. The highest BCUT2D eigenvalue weighted by Gasteiger charge is 2.18. The average molecular weight is 625 g/mol. The summed E-state index contributed by atoms with van der Waals surface area (Å²) in [5.41, 5.74) is 5.29. The lowest BCUT2D eigenvalue weighted by atomic mass is 10.1. The molecule has 0 aliphatic carbocycles. The summed E-state index contributed by atoms with van der Waals surface area (Å²) in [6.07, 6.45) is 4.16. The van der Waals surface area contributed by atoms with Gasteiger partial charge in [-0.15, -0.1) is 0 Å². The molecule has 0 aliphatic rings. The van der Waals surface area contributed by atoms with Gasteiger partial charge in [-0.1, -0.05) is 76.1 Å². The van der Waals surface area contributed by atoms with Gasteiger partial charge in [-0.3, -0.25) is 14.4 Å². The second kappa shape index (κ2) is 14.3. The van der Waals surface area contributed by atoms with E-state index in [9.17, 15) is 19.2 Å². The summed E-state index contributed by atoms with van der Waals surface area (Å²) in [6.45, 7) is 1.93. The zero-order chi connectivity index (χ0) is 29.9. The lowest BCUT2D eigenvalue weighted by Gasteiger charge is -2.11. The number of halogens is 1. The highest BCUT2D eigenvalue weighted by atomic mass is 79.9. The number of nitrogens with zero attached hydrogens (tertiary/aromatic N) is 1. The molecule has 4 rings (SSSR count). The Kier molecular flexibility index (Phi) is 10.1. The maximum absolute atomic E-state index is 12.8. The number of hydrazone groups is 1. The number of nitrogens with one attached hydrogen (secondary N) is 3. The van der Waals surface area contributed by atoms with E-state index in [0.29, 0.717) is 15.7 Å². The van der Waals surface area contributed by atoms with Gasteiger partial charge >= 0.3 is 17.8 Å². The van der Waals surface area contributed by atoms with Crippen molar-refractivity contribution in [1.29, 1.82) is 0 Å². The van der Waals surface area contributed by atoms with E-state index < -0.39 is 23.7 Å². The Bertz CT molecular complexity index is 1670. The van der Waals surface area contributed by atoms with Crippen LogP contribution in [0.5, 0.6) is 5.75 Å². The van der Waals surface area contributed by atoms with Crippen molar-refractivity contribution < 1.29 is 23.9 Å². The molecule has 9 nitrogen and oxygen atoms in total. The first-order chi connectivity index (χ1) is 20.3. The van der Waals surface area contributed by atoms with Crippen LogP contribution in [0.25, 0.3) is 6.08 Å². The van der Waals surface area contributed by atoms with Gasteiger partial charge in [0, 0.05) is 21.8 Å². The third-order valence-corrected chi connectivity index (χ3v) is 6.19. The topological polar surface area (TPSA) is 126 Å². The average Bonchev–Trinajstić information content (AvgIpc) is 2.99. The van der Waals surface area contributed by atoms with Crippen molar-refractivity contribution in [2.75, 3.05) is 10.6 Å². The van der Waals surface area contributed by atoms with E-state index >= 15 is 0 Å². The molecule has 0 saturated carbocycles. The Balaban J connectivity index is 1.38. The lowest BCUT2D eigenvalue weighted by molar-refractivity contribution is -0.136. The Labute approximate surface area is 250 Å². The fraction of sp³-hybridized carbons (Fsp3) is 0.0312. The molecule has 3 N–H and O–H groups in total. The van der Waals surface area contributed by atoms with Crippen LogP contribution in [0.2, 0.25) is 0 Å². The van der Waals surface area contributed by atoms with Crippen LogP contribution in [0.15, 0.2) is 113 Å². The van der Waals surface area contributed by atoms with E-state index in [2.05, 4.69) is 37.1 Å². The number of para-hydroxylation sites is 1. The van der Waals surface area contributed by atoms with E-state index in [1.54, 1.807) is 48.5 Å². The fourth-order valence-electron chi connectivity index (χ4n) is 3.60. The van der Waals surface area contributed by atoms with Crippen molar-refractivity contribution in [3.05, 3.63) is 130 Å². The molecule has 0 aromatic heterocycles. The minimum absolute atomic E-state index is 0.149. The van der Waals surface area contributed by atoms with Crippen molar-refractivity contribution in [2.24, 2.45) is 5.10 Å². The normalized spacial score (nSPS) is 10.8. The van der Waals surface area contributed by atoms with E-state index in [1.807, 2.05) is 49.4 Å². The SMILES string of the molecule is Cc1ccc(NC(=O)c2ccccc2NC(=O)C(=O)N/N=C/c2cc(Br)ccc2OC(=O)/C=C/c2ccccc2)cc1. The second-order valence-corrected chi connectivity index (χ2v) is 9.78. The van der Waals surface area contributed by atoms with Crippen LogP contribution in [0.4, 0.5) is 11.4 Å². The molecule has 0 spiro atoms. The number of benzene rings is 4. The highest BCUT2D eigenvalue weighted by molar-refractivity contribution is 9.10. The Morgan fingerprint density at radius 3 is 2.29 bits per heavy atom. The molecule has 0 bridgehead atoms. The zero-order valence-electron chi connectivity index (χ0n) is 22.3. The van der Waals surface area contributed by atoms with Gasteiger partial charge in [0.1, 0.15) is 5.75 Å². The molecule has 4 aromatic carbocycles. The predicted molar refractivity (Wildman–Crippen MR) is 165 cm³/mol. The monoisotopic (exact) mass is 624 g/mol. The minimum Gasteiger partial charge on any atom is -0.423 e. The number of aryl methyl sites for hydroxylation is 1. The fourth-order valence-corrected chi connectivity index (χ4v) is 3.98. The van der Waals surface area contributed by atoms with Gasteiger partial charge in [-0.25, -0.2) is 10.2 Å². The van der Waals surface area contributed by atoms with Crippen LogP contribution in [0, 0.1) is 6.92 Å². The highest BCUT2D eigenvalue weighted by Crippen LogP contribution is 2.22. The number of carbonyl (C=O) groups excluding carboxylic acids is 4. The van der Waals surface area contributed by atoms with Gasteiger partial charge in [0.25, 0.3) is 5.91 Å². The molecule has 0 aliphatic heterocycles. The van der Waals surface area contributed by atoms with E-state index in [4.69, 9.17) is 4.74 Å². The van der Waals surface area contributed by atoms with Crippen LogP contribution in [0.1, 0.15) is 27.0 Å². The van der Waals surface area contributed by atoms with E-state index in [1.165, 1.54) is 24.4 Å². The molecule has 0 heterocycles. The molecule has 0 radical (unpaired) electrons. The smallest absolute Gasteiger partial charge is 0.336 e. The molecule has 0 saturated heterocycles. The summed E-state index contributed by atoms with van der Waals surface area (Å²) >= 11 is 3.35. The maximum atomic E-state index is 12.8. The number of amides is 3. The summed E-state index contributed by atoms with van der Waals surface area (Å²) in [5, 5.41) is 9.03. The number of ether oxygens (including phenoxy) is 1. The zero-order valence-corrected chi connectivity index (χ0v) is 23.9. The van der Waals surface area contributed by atoms with Gasteiger partial charge in [0.15, 0.2) is 0 Å². The first-order valence-electron chi connectivity index (χ1n) is 12.6. The molecule has 42 heavy (non-hydrogen) atoms. The number of anilines is 2. The first kappa shape index (κ1) is 29.6. The van der Waals surface area contributed by atoms with Crippen molar-refractivity contribution >= 4 is 63.3 Å². The van der Waals surface area contributed by atoms with Crippen LogP contribution >= 0.6 is 15.9 Å². The number of carbonyl (C=O) groups is 4. The largest absolute Gasteiger partial charge is 0.423 e. The predicted octanol–water partition coefficient (Wildman–Crippen LogP) is 5.72. The molecule has 3 amide bonds. The van der Waals surface area contributed by atoms with E-state index in [0.717, 1.165) is 11.1 Å². The van der Waals surface area contributed by atoms with Crippen LogP contribution in [0.3, 0.4) is 0 Å². The van der Waals surface area contributed by atoms with Gasteiger partial charge < -0.3 is 15.4 Å². The molecule has 0 atom stereocenters. The Morgan fingerprint density at radius 2 is 1.52 bits per heavy atom. The van der Waals surface area contributed by atoms with Crippen LogP contribution in [-0.2, 0) is 14.4 Å². The molecule has 0 fully saturated rings. The third-order valence-electron chi connectivity index (χ3n) is 5.70. The molecule has 0 unspecified atom stereocenters. The van der Waals surface area contributed by atoms with Crippen molar-refractivity contribution in [2.45, 2.75) is 6.92 Å². The van der Waals surface area contributed by atoms with Crippen molar-refractivity contribution in [3.63, 3.8) is 0 Å². The van der Waals surface area contributed by atoms with Crippen LogP contribution in [-0.4, -0.2) is 29.9 Å². The summed E-state index contributed by atoms with van der Waals surface area (Å²) in [6, 6.07) is 27.7. The van der Waals surface area contributed by atoms with Gasteiger partial charge in [0.2, 0.25) is 0 Å². The number of esters is 1. The molecule has 10 heteroatoms. The van der Waals surface area contributed by atoms with Crippen molar-refractivity contribution in [1.82, 2.24) is 5.43 Å². The number of hydrogen-bond donors (Lipinski definition) is 3. The third kappa shape index (κ3) is 8.57. The van der Waals surface area contributed by atoms with E-state index in [-0.39, 0.29) is 17.0 Å². The summed E-state index contributed by atoms with van der Waals surface area (Å²) in [5.74, 6) is -2.97. The Morgan fingerprint density at radius 1 is 0.810 bits per heavy atom. The van der Waals surface area contributed by atoms with Gasteiger partial charge in [0.05, 0.1) is 17.5 Å².